The van der Waals surface area contributed by atoms with E-state index in [1.807, 2.05) is 0 Å². The predicted molar refractivity (Wildman–Crippen MR) is 131 cm³/mol. The Hall–Kier alpha value is -2.88. The van der Waals surface area contributed by atoms with E-state index >= 15 is 0 Å². The molecule has 4 rings (SSSR count). The predicted octanol–water partition coefficient (Wildman–Crippen LogP) is 4.93. The minimum absolute atomic E-state index is 0.719. The van der Waals surface area contributed by atoms with E-state index in [1.165, 1.54) is 48.1 Å². The van der Waals surface area contributed by atoms with Gasteiger partial charge in [0.2, 0.25) is 5.95 Å². The second-order valence-electron chi connectivity index (χ2n) is 9.44. The van der Waals surface area contributed by atoms with Crippen LogP contribution in [0.15, 0.2) is 12.1 Å². The number of rotatable bonds is 5. The molecule has 1 fully saturated rings. The lowest BCUT2D eigenvalue weighted by Gasteiger charge is -2.24. The fraction of sp³-hybridized carbons (Fsp3) is 0.560. The number of carbonyl (C=O) groups is 1. The first kappa shape index (κ1) is 26.7. The summed E-state index contributed by atoms with van der Waals surface area (Å²) in [6.45, 7) is 11.9. The van der Waals surface area contributed by atoms with Gasteiger partial charge in [-0.15, -0.1) is 0 Å². The molecule has 0 radical (unpaired) electrons. The van der Waals surface area contributed by atoms with Crippen LogP contribution in [0.1, 0.15) is 47.2 Å². The molecule has 1 unspecified atom stereocenters. The monoisotopic (exact) mass is 493 g/mol. The Balaban J connectivity index is 0.000000429. The lowest BCUT2D eigenvalue weighted by Crippen LogP contribution is -2.31. The topological polar surface area (TPSA) is 81.6 Å². The lowest BCUT2D eigenvalue weighted by molar-refractivity contribution is -0.192. The zero-order valence-corrected chi connectivity index (χ0v) is 21.0. The Bertz CT molecular complexity index is 1050. The number of anilines is 3. The van der Waals surface area contributed by atoms with Crippen LogP contribution in [0.5, 0.6) is 0 Å². The van der Waals surface area contributed by atoms with Crippen LogP contribution in [0.25, 0.3) is 0 Å². The van der Waals surface area contributed by atoms with Gasteiger partial charge in [0.15, 0.2) is 0 Å². The number of nitrogens with one attached hydrogen (secondary N) is 1. The van der Waals surface area contributed by atoms with E-state index in [4.69, 9.17) is 19.9 Å². The summed E-state index contributed by atoms with van der Waals surface area (Å²) in [6.07, 6.45) is -0.135. The molecule has 3 heterocycles. The number of fused-ring (bicyclic) bond motifs is 1. The molecule has 0 bridgehead atoms. The first-order chi connectivity index (χ1) is 16.4. The maximum atomic E-state index is 10.6. The van der Waals surface area contributed by atoms with Gasteiger partial charge in [0.1, 0.15) is 5.82 Å². The zero-order chi connectivity index (χ0) is 25.9. The molecule has 192 valence electrons. The second-order valence-corrected chi connectivity index (χ2v) is 9.44. The van der Waals surface area contributed by atoms with Crippen molar-refractivity contribution in [1.29, 1.82) is 0 Å². The molecule has 0 aliphatic carbocycles. The number of carboxylic acids is 1. The van der Waals surface area contributed by atoms with Crippen LogP contribution in [0.2, 0.25) is 0 Å². The summed E-state index contributed by atoms with van der Waals surface area (Å²) in [5.41, 5.74) is 7.32. The number of aryl methyl sites for hydroxylation is 4. The van der Waals surface area contributed by atoms with Crippen LogP contribution in [-0.2, 0) is 11.2 Å². The van der Waals surface area contributed by atoms with Crippen LogP contribution in [0, 0.1) is 27.7 Å². The Morgan fingerprint density at radius 3 is 2.31 bits per heavy atom. The summed E-state index contributed by atoms with van der Waals surface area (Å²) in [6, 6.07) is 5.14. The number of alkyl halides is 3. The highest BCUT2D eigenvalue weighted by atomic mass is 19.4. The molecule has 1 atom stereocenters. The Labute approximate surface area is 204 Å². The minimum atomic E-state index is -5.08. The third kappa shape index (κ3) is 6.62. The van der Waals surface area contributed by atoms with Crippen LogP contribution in [0.3, 0.4) is 0 Å². The van der Waals surface area contributed by atoms with Gasteiger partial charge in [-0.25, -0.2) is 9.78 Å². The molecular weight excluding hydrogens is 459 g/mol. The number of carboxylic acid groups (broad SMARTS) is 1. The van der Waals surface area contributed by atoms with Gasteiger partial charge in [-0.3, -0.25) is 0 Å². The summed E-state index contributed by atoms with van der Waals surface area (Å²) in [4.78, 5) is 23.6. The van der Waals surface area contributed by atoms with Gasteiger partial charge in [-0.1, -0.05) is 17.7 Å². The third-order valence-electron chi connectivity index (χ3n) is 6.68. The van der Waals surface area contributed by atoms with Crippen LogP contribution < -0.4 is 10.2 Å². The zero-order valence-electron chi connectivity index (χ0n) is 21.0. The number of hydrogen-bond acceptors (Lipinski definition) is 6. The molecule has 1 aromatic heterocycles. The molecule has 2 N–H and O–H groups in total. The highest BCUT2D eigenvalue weighted by Gasteiger charge is 2.38. The molecular formula is C25H34F3N5O2. The number of aliphatic carboxylic acids is 1. The van der Waals surface area contributed by atoms with Gasteiger partial charge in [-0.05, 0) is 78.1 Å². The van der Waals surface area contributed by atoms with Crippen molar-refractivity contribution < 1.29 is 23.1 Å². The van der Waals surface area contributed by atoms with Crippen LogP contribution >= 0.6 is 0 Å². The summed E-state index contributed by atoms with van der Waals surface area (Å²) in [5, 5.41) is 10.6. The van der Waals surface area contributed by atoms with Crippen LogP contribution in [0.4, 0.5) is 30.6 Å². The second kappa shape index (κ2) is 10.8. The van der Waals surface area contributed by atoms with Crippen molar-refractivity contribution in [3.63, 3.8) is 0 Å². The molecule has 2 aliphatic heterocycles. The molecule has 7 nitrogen and oxygen atoms in total. The van der Waals surface area contributed by atoms with Crippen molar-refractivity contribution in [3.8, 4) is 0 Å². The SMILES string of the molecule is Cc1cc(C)c(Nc2nc(C)c3c(n2)N(CCC2CCCN2C)CC3)c(C)c1.O=C(O)C(F)(F)F. The fourth-order valence-corrected chi connectivity index (χ4v) is 4.90. The van der Waals surface area contributed by atoms with Gasteiger partial charge in [0.05, 0.1) is 0 Å². The first-order valence-electron chi connectivity index (χ1n) is 11.8. The van der Waals surface area contributed by atoms with E-state index in [1.54, 1.807) is 0 Å². The van der Waals surface area contributed by atoms with Crippen molar-refractivity contribution in [2.75, 3.05) is 36.9 Å². The number of aromatic nitrogens is 2. The number of benzene rings is 1. The summed E-state index contributed by atoms with van der Waals surface area (Å²) in [7, 11) is 2.26. The number of halogens is 3. The first-order valence-corrected chi connectivity index (χ1v) is 11.8. The molecule has 0 amide bonds. The molecule has 2 aromatic rings. The van der Waals surface area contributed by atoms with Crippen molar-refractivity contribution in [2.45, 2.75) is 65.6 Å². The summed E-state index contributed by atoms with van der Waals surface area (Å²) < 4.78 is 31.7. The maximum absolute atomic E-state index is 10.6. The minimum Gasteiger partial charge on any atom is -0.475 e. The highest BCUT2D eigenvalue weighted by Crippen LogP contribution is 2.32. The molecule has 10 heteroatoms. The molecule has 1 aromatic carbocycles. The van der Waals surface area contributed by atoms with E-state index in [9.17, 15) is 13.2 Å². The quantitative estimate of drug-likeness (QED) is 0.611. The number of nitrogens with zero attached hydrogens (tertiary/aromatic N) is 4. The van der Waals surface area contributed by atoms with Gasteiger partial charge in [0, 0.05) is 36.1 Å². The Morgan fingerprint density at radius 1 is 1.14 bits per heavy atom. The molecule has 1 saturated heterocycles. The average molecular weight is 494 g/mol. The van der Waals surface area contributed by atoms with Gasteiger partial charge < -0.3 is 20.2 Å². The van der Waals surface area contributed by atoms with Gasteiger partial charge in [-0.2, -0.15) is 18.2 Å². The lowest BCUT2D eigenvalue weighted by atomic mass is 10.1. The van der Waals surface area contributed by atoms with Gasteiger partial charge in [0.25, 0.3) is 0 Å². The van der Waals surface area contributed by atoms with E-state index in [-0.39, 0.29) is 0 Å². The number of likely N-dealkylation sites (tertiary alicyclic amines) is 1. The van der Waals surface area contributed by atoms with E-state index in [0.29, 0.717) is 0 Å². The van der Waals surface area contributed by atoms with Crippen LogP contribution in [-0.4, -0.2) is 64.8 Å². The number of hydrogen-bond donors (Lipinski definition) is 2. The van der Waals surface area contributed by atoms with E-state index in [2.05, 4.69) is 62.0 Å². The van der Waals surface area contributed by atoms with E-state index in [0.717, 1.165) is 48.7 Å². The van der Waals surface area contributed by atoms with Crippen molar-refractivity contribution in [2.24, 2.45) is 0 Å². The van der Waals surface area contributed by atoms with E-state index < -0.39 is 12.1 Å². The Morgan fingerprint density at radius 2 is 1.77 bits per heavy atom. The van der Waals surface area contributed by atoms with Crippen molar-refractivity contribution in [3.05, 3.63) is 40.1 Å². The van der Waals surface area contributed by atoms with Crippen molar-refractivity contribution >= 4 is 23.4 Å². The Kier molecular flexibility index (Phi) is 8.25. The average Bonchev–Trinajstić information content (AvgIpc) is 3.35. The maximum Gasteiger partial charge on any atom is 0.490 e. The molecule has 0 saturated carbocycles. The third-order valence-corrected chi connectivity index (χ3v) is 6.68. The molecule has 2 aliphatic rings. The fourth-order valence-electron chi connectivity index (χ4n) is 4.90. The van der Waals surface area contributed by atoms with Gasteiger partial charge >= 0.3 is 12.1 Å². The van der Waals surface area contributed by atoms with Crippen molar-refractivity contribution in [1.82, 2.24) is 14.9 Å². The normalized spacial score (nSPS) is 17.7. The summed E-state index contributed by atoms with van der Waals surface area (Å²) in [5.74, 6) is -0.901. The largest absolute Gasteiger partial charge is 0.490 e. The molecule has 35 heavy (non-hydrogen) atoms. The summed E-state index contributed by atoms with van der Waals surface area (Å²) >= 11 is 0. The molecule has 0 spiro atoms. The standard InChI is InChI=1S/C23H33N5.C2HF3O2/c1-15-13-16(2)21(17(3)14-15)25-23-24-18(4)20-9-12-28(22(20)26-23)11-8-19-7-6-10-27(19)5;3-2(4,5)1(6)7/h13-14,19H,6-12H2,1-5H3,(H,24,25,26);(H,6,7). The highest BCUT2D eigenvalue weighted by molar-refractivity contribution is 5.73. The smallest absolute Gasteiger partial charge is 0.475 e.